The fourth-order valence-corrected chi connectivity index (χ4v) is 8.19. The van der Waals surface area contributed by atoms with Gasteiger partial charge in [0, 0.05) is 0 Å². The first-order chi connectivity index (χ1) is 11.2. The third kappa shape index (κ3) is 3.04. The first-order valence-corrected chi connectivity index (χ1v) is 16.0. The van der Waals surface area contributed by atoms with Crippen molar-refractivity contribution in [3.05, 3.63) is 82.9 Å². The van der Waals surface area contributed by atoms with Crippen molar-refractivity contribution in [3.63, 3.8) is 0 Å². The zero-order valence-corrected chi connectivity index (χ0v) is 16.6. The van der Waals surface area contributed by atoms with Crippen LogP contribution in [0.3, 0.4) is 0 Å². The van der Waals surface area contributed by atoms with Crippen molar-refractivity contribution in [2.24, 2.45) is 5.92 Å². The van der Waals surface area contributed by atoms with Crippen molar-refractivity contribution in [1.29, 1.82) is 0 Å². The van der Waals surface area contributed by atoms with Crippen LogP contribution in [0, 0.1) is 5.92 Å². The number of allylic oxidation sites excluding steroid dienone is 2. The maximum atomic E-state index is 6.40. The first-order valence-electron chi connectivity index (χ1n) is 7.95. The van der Waals surface area contributed by atoms with E-state index in [9.17, 15) is 0 Å². The molecule has 3 heteroatoms. The van der Waals surface area contributed by atoms with Crippen LogP contribution >= 0.6 is 17.0 Å². The number of halogens is 2. The van der Waals surface area contributed by atoms with Crippen LogP contribution in [-0.2, 0) is 19.4 Å². The van der Waals surface area contributed by atoms with E-state index in [4.69, 9.17) is 17.0 Å². The van der Waals surface area contributed by atoms with Crippen LogP contribution in [0.2, 0.25) is 4.13 Å². The van der Waals surface area contributed by atoms with E-state index in [2.05, 4.69) is 72.8 Å². The minimum atomic E-state index is -2.25. The van der Waals surface area contributed by atoms with Gasteiger partial charge in [0.25, 0.3) is 0 Å². The second-order valence-electron chi connectivity index (χ2n) is 6.23. The van der Waals surface area contributed by atoms with Gasteiger partial charge in [-0.1, -0.05) is 0 Å². The van der Waals surface area contributed by atoms with Gasteiger partial charge in [-0.15, -0.1) is 0 Å². The van der Waals surface area contributed by atoms with Crippen LogP contribution < -0.4 is 0 Å². The van der Waals surface area contributed by atoms with Gasteiger partial charge in [0.15, 0.2) is 0 Å². The van der Waals surface area contributed by atoms with Gasteiger partial charge in [-0.05, 0) is 0 Å². The van der Waals surface area contributed by atoms with E-state index in [0.717, 1.165) is 4.13 Å². The Morgan fingerprint density at radius 1 is 0.783 bits per heavy atom. The van der Waals surface area contributed by atoms with Crippen LogP contribution in [0.25, 0.3) is 12.2 Å². The molecule has 23 heavy (non-hydrogen) atoms. The maximum absolute atomic E-state index is 6.40. The number of fused-ring (bicyclic) bond motifs is 2. The summed E-state index contributed by atoms with van der Waals surface area (Å²) in [6.45, 7) is 0. The molecule has 4 rings (SSSR count). The normalized spacial score (nSPS) is 22.0. The summed E-state index contributed by atoms with van der Waals surface area (Å²) in [5.74, 6) is 1.29. The summed E-state index contributed by atoms with van der Waals surface area (Å²) in [7, 11) is 12.8. The SMILES string of the molecule is [Cl][Zr]([Cl])[CH2]C(C1C=Cc2ccccc21)C1C=Cc2ccccc21. The van der Waals surface area contributed by atoms with E-state index in [-0.39, 0.29) is 0 Å². The second kappa shape index (κ2) is 6.71. The first kappa shape index (κ1) is 15.9. The van der Waals surface area contributed by atoms with Gasteiger partial charge >= 0.3 is 153 Å². The molecule has 0 spiro atoms. The summed E-state index contributed by atoms with van der Waals surface area (Å²) in [5, 5.41) is 0. The number of benzene rings is 2. The van der Waals surface area contributed by atoms with Gasteiger partial charge in [-0.2, -0.15) is 0 Å². The number of hydrogen-bond donors (Lipinski definition) is 0. The Kier molecular flexibility index (Phi) is 4.64. The van der Waals surface area contributed by atoms with E-state index < -0.39 is 19.4 Å². The van der Waals surface area contributed by atoms with Crippen LogP contribution in [0.1, 0.15) is 34.1 Å². The van der Waals surface area contributed by atoms with Crippen molar-refractivity contribution in [1.82, 2.24) is 0 Å². The van der Waals surface area contributed by atoms with Crippen LogP contribution in [0.15, 0.2) is 60.7 Å². The van der Waals surface area contributed by atoms with Gasteiger partial charge in [-0.25, -0.2) is 0 Å². The molecule has 0 N–H and O–H groups in total. The molecule has 2 atom stereocenters. The van der Waals surface area contributed by atoms with Crippen molar-refractivity contribution >= 4 is 29.2 Å². The molecule has 0 bridgehead atoms. The number of rotatable bonds is 4. The molecular formula is C20H17Cl2Zr. The molecule has 0 amide bonds. The molecule has 2 aromatic carbocycles. The Morgan fingerprint density at radius 3 is 1.74 bits per heavy atom. The zero-order valence-electron chi connectivity index (χ0n) is 12.6. The molecule has 0 saturated carbocycles. The Bertz CT molecular complexity index is 717. The fraction of sp³-hybridized carbons (Fsp3) is 0.200. The molecule has 0 saturated heterocycles. The average Bonchev–Trinajstić information content (AvgIpc) is 3.17. The fourth-order valence-electron chi connectivity index (χ4n) is 3.96. The van der Waals surface area contributed by atoms with Gasteiger partial charge < -0.3 is 0 Å². The quantitative estimate of drug-likeness (QED) is 0.526. The molecule has 2 aliphatic carbocycles. The topological polar surface area (TPSA) is 0 Å². The summed E-state index contributed by atoms with van der Waals surface area (Å²) in [6.07, 6.45) is 9.21. The van der Waals surface area contributed by atoms with Crippen molar-refractivity contribution < 1.29 is 19.4 Å². The molecule has 0 radical (unpaired) electrons. The Balaban J connectivity index is 1.73. The molecule has 0 fully saturated rings. The zero-order chi connectivity index (χ0) is 15.8. The molecule has 115 valence electrons. The Morgan fingerprint density at radius 2 is 1.26 bits per heavy atom. The van der Waals surface area contributed by atoms with Gasteiger partial charge in [-0.3, -0.25) is 0 Å². The Hall–Kier alpha value is -0.617. The predicted octanol–water partition coefficient (Wildman–Crippen LogP) is 6.57. The summed E-state index contributed by atoms with van der Waals surface area (Å²) >= 11 is -2.25. The van der Waals surface area contributed by atoms with E-state index in [1.54, 1.807) is 0 Å². The summed E-state index contributed by atoms with van der Waals surface area (Å²) in [4.78, 5) is 0. The second-order valence-corrected chi connectivity index (χ2v) is 15.4. The average molecular weight is 419 g/mol. The molecular weight excluding hydrogens is 402 g/mol. The molecule has 2 aliphatic rings. The van der Waals surface area contributed by atoms with Crippen LogP contribution in [-0.4, -0.2) is 0 Å². The number of hydrogen-bond acceptors (Lipinski definition) is 0. The van der Waals surface area contributed by atoms with Gasteiger partial charge in [0.05, 0.1) is 0 Å². The molecule has 0 aliphatic heterocycles. The van der Waals surface area contributed by atoms with E-state index in [1.165, 1.54) is 22.3 Å². The Labute approximate surface area is 152 Å². The van der Waals surface area contributed by atoms with Crippen molar-refractivity contribution in [3.8, 4) is 0 Å². The van der Waals surface area contributed by atoms with Crippen LogP contribution in [0.5, 0.6) is 0 Å². The minimum absolute atomic E-state index is 0.417. The predicted molar refractivity (Wildman–Crippen MR) is 96.4 cm³/mol. The van der Waals surface area contributed by atoms with Crippen LogP contribution in [0.4, 0.5) is 0 Å². The molecule has 2 unspecified atom stereocenters. The monoisotopic (exact) mass is 417 g/mol. The standard InChI is InChI=1S/C20H17.2ClH.Zr/c1-14(17-12-10-15-6-2-4-8-19(15)17)18-13-11-16-7-3-5-9-20(16)18;;;/h2-14,17-18H,1H2;2*1H;/q;;;+2/p-2. The van der Waals surface area contributed by atoms with Gasteiger partial charge in [0.2, 0.25) is 0 Å². The van der Waals surface area contributed by atoms with Gasteiger partial charge in [0.1, 0.15) is 0 Å². The van der Waals surface area contributed by atoms with E-state index >= 15 is 0 Å². The molecule has 0 nitrogen and oxygen atoms in total. The molecule has 0 heterocycles. The summed E-state index contributed by atoms with van der Waals surface area (Å²) < 4.78 is 0.984. The summed E-state index contributed by atoms with van der Waals surface area (Å²) in [6, 6.07) is 17.4. The third-order valence-electron chi connectivity index (χ3n) is 4.99. The molecule has 2 aromatic rings. The third-order valence-corrected chi connectivity index (χ3v) is 8.73. The van der Waals surface area contributed by atoms with Crippen molar-refractivity contribution in [2.45, 2.75) is 16.0 Å². The molecule has 0 aromatic heterocycles. The summed E-state index contributed by atoms with van der Waals surface area (Å²) in [5.41, 5.74) is 5.53. The van der Waals surface area contributed by atoms with E-state index in [1.807, 2.05) is 0 Å². The van der Waals surface area contributed by atoms with Crippen molar-refractivity contribution in [2.75, 3.05) is 0 Å². The van der Waals surface area contributed by atoms with E-state index in [0.29, 0.717) is 17.8 Å².